The molecule has 2 N–H and O–H groups in total. The molecule has 6 nitrogen and oxygen atoms in total. The summed E-state index contributed by atoms with van der Waals surface area (Å²) in [6.07, 6.45) is 2.09. The molecule has 0 aliphatic carbocycles. The lowest BCUT2D eigenvalue weighted by atomic mass is 10.2. The van der Waals surface area contributed by atoms with Crippen LogP contribution in [0.25, 0.3) is 0 Å². The van der Waals surface area contributed by atoms with Gasteiger partial charge in [-0.25, -0.2) is 0 Å². The largest absolute Gasteiger partial charge is 0.494 e. The highest BCUT2D eigenvalue weighted by Gasteiger charge is 2.12. The van der Waals surface area contributed by atoms with Crippen molar-refractivity contribution < 1.29 is 14.3 Å². The summed E-state index contributed by atoms with van der Waals surface area (Å²) in [6, 6.07) is 15.0. The number of rotatable bonds is 7. The maximum Gasteiger partial charge on any atom is 0.257 e. The smallest absolute Gasteiger partial charge is 0.257 e. The van der Waals surface area contributed by atoms with Crippen LogP contribution in [0.5, 0.6) is 5.75 Å². The summed E-state index contributed by atoms with van der Waals surface area (Å²) in [6.45, 7) is 6.09. The third kappa shape index (κ3) is 6.44. The Kier molecular flexibility index (Phi) is 7.84. The Morgan fingerprint density at radius 1 is 1.10 bits per heavy atom. The molecule has 1 aliphatic heterocycles. The molecule has 1 amide bonds. The van der Waals surface area contributed by atoms with Gasteiger partial charge in [0, 0.05) is 30.0 Å². The number of nitrogens with zero attached hydrogens (tertiary/aromatic N) is 1. The maximum absolute atomic E-state index is 12.4. The molecule has 0 spiro atoms. The van der Waals surface area contributed by atoms with Crippen molar-refractivity contribution in [2.75, 3.05) is 43.1 Å². The number of benzene rings is 2. The van der Waals surface area contributed by atoms with Crippen LogP contribution in [-0.4, -0.2) is 43.9 Å². The van der Waals surface area contributed by atoms with Crippen molar-refractivity contribution in [1.29, 1.82) is 0 Å². The second-order valence-electron chi connectivity index (χ2n) is 6.78. The number of unbranched alkanes of at least 4 members (excludes halogenated alkanes) is 1. The van der Waals surface area contributed by atoms with E-state index in [1.165, 1.54) is 0 Å². The van der Waals surface area contributed by atoms with E-state index in [0.29, 0.717) is 12.2 Å². The summed E-state index contributed by atoms with van der Waals surface area (Å²) in [7, 11) is 0. The Morgan fingerprint density at radius 2 is 1.79 bits per heavy atom. The lowest BCUT2D eigenvalue weighted by molar-refractivity contribution is 0.0977. The van der Waals surface area contributed by atoms with Crippen LogP contribution in [0.3, 0.4) is 0 Å². The number of morpholine rings is 1. The molecule has 1 fully saturated rings. The van der Waals surface area contributed by atoms with Gasteiger partial charge >= 0.3 is 0 Å². The second kappa shape index (κ2) is 10.8. The molecule has 29 heavy (non-hydrogen) atoms. The van der Waals surface area contributed by atoms with Crippen LogP contribution < -0.4 is 20.3 Å². The van der Waals surface area contributed by atoms with Gasteiger partial charge in [-0.2, -0.15) is 0 Å². The van der Waals surface area contributed by atoms with Crippen LogP contribution in [0.4, 0.5) is 11.4 Å². The minimum Gasteiger partial charge on any atom is -0.494 e. The van der Waals surface area contributed by atoms with Crippen LogP contribution >= 0.6 is 12.2 Å². The Hall–Kier alpha value is -2.64. The van der Waals surface area contributed by atoms with Crippen molar-refractivity contribution >= 4 is 34.6 Å². The van der Waals surface area contributed by atoms with E-state index in [4.69, 9.17) is 21.7 Å². The van der Waals surface area contributed by atoms with E-state index in [9.17, 15) is 4.79 Å². The third-order valence-electron chi connectivity index (χ3n) is 4.61. The van der Waals surface area contributed by atoms with Gasteiger partial charge in [-0.15, -0.1) is 0 Å². The molecule has 0 atom stereocenters. The van der Waals surface area contributed by atoms with E-state index in [1.54, 1.807) is 24.3 Å². The minimum atomic E-state index is -0.257. The predicted octanol–water partition coefficient (Wildman–Crippen LogP) is 3.83. The monoisotopic (exact) mass is 413 g/mol. The molecular formula is C22H27N3O3S. The number of anilines is 2. The molecule has 2 aromatic carbocycles. The highest BCUT2D eigenvalue weighted by molar-refractivity contribution is 7.80. The molecule has 0 unspecified atom stereocenters. The number of thiocarbonyl (C=S) groups is 1. The first-order chi connectivity index (χ1) is 14.2. The standard InChI is InChI=1S/C22H27N3O3S/c1-2-3-14-28-20-10-4-17(5-11-20)21(26)24-22(29)23-18-6-8-19(9-7-18)25-12-15-27-16-13-25/h4-11H,2-3,12-16H2,1H3,(H2,23,24,26,29). The molecule has 3 rings (SSSR count). The number of carbonyl (C=O) groups is 1. The minimum absolute atomic E-state index is 0.257. The fourth-order valence-electron chi connectivity index (χ4n) is 2.95. The van der Waals surface area contributed by atoms with Crippen molar-refractivity contribution in [2.24, 2.45) is 0 Å². The number of nitrogens with one attached hydrogen (secondary N) is 2. The Labute approximate surface area is 177 Å². The lowest BCUT2D eigenvalue weighted by Gasteiger charge is -2.28. The van der Waals surface area contributed by atoms with Crippen LogP contribution in [0.1, 0.15) is 30.1 Å². The van der Waals surface area contributed by atoms with Gasteiger partial charge in [0.25, 0.3) is 5.91 Å². The van der Waals surface area contributed by atoms with Gasteiger partial charge in [0.2, 0.25) is 0 Å². The average Bonchev–Trinajstić information content (AvgIpc) is 2.75. The summed E-state index contributed by atoms with van der Waals surface area (Å²) >= 11 is 5.27. The van der Waals surface area contributed by atoms with Gasteiger partial charge in [-0.3, -0.25) is 10.1 Å². The van der Waals surface area contributed by atoms with Crippen molar-refractivity contribution in [3.05, 3.63) is 54.1 Å². The summed E-state index contributed by atoms with van der Waals surface area (Å²) in [5, 5.41) is 6.02. The first-order valence-corrected chi connectivity index (χ1v) is 10.3. The normalized spacial score (nSPS) is 13.6. The lowest BCUT2D eigenvalue weighted by Crippen LogP contribution is -2.36. The summed E-state index contributed by atoms with van der Waals surface area (Å²) in [5.74, 6) is 0.503. The number of amides is 1. The van der Waals surface area contributed by atoms with E-state index in [0.717, 1.165) is 56.3 Å². The Morgan fingerprint density at radius 3 is 2.45 bits per heavy atom. The first-order valence-electron chi connectivity index (χ1n) is 9.93. The van der Waals surface area contributed by atoms with Gasteiger partial charge in [-0.1, -0.05) is 13.3 Å². The van der Waals surface area contributed by atoms with Crippen LogP contribution in [0.2, 0.25) is 0 Å². The van der Waals surface area contributed by atoms with Crippen LogP contribution in [0, 0.1) is 0 Å². The van der Waals surface area contributed by atoms with Gasteiger partial charge in [0.1, 0.15) is 5.75 Å². The quantitative estimate of drug-likeness (QED) is 0.531. The Balaban J connectivity index is 1.48. The van der Waals surface area contributed by atoms with Crippen molar-refractivity contribution in [2.45, 2.75) is 19.8 Å². The molecule has 0 aromatic heterocycles. The third-order valence-corrected chi connectivity index (χ3v) is 4.82. The number of hydrogen-bond donors (Lipinski definition) is 2. The van der Waals surface area contributed by atoms with Gasteiger partial charge < -0.3 is 19.7 Å². The molecule has 0 radical (unpaired) electrons. The summed E-state index contributed by atoms with van der Waals surface area (Å²) in [5.41, 5.74) is 2.50. The Bertz CT molecular complexity index is 803. The fourth-order valence-corrected chi connectivity index (χ4v) is 3.16. The van der Waals surface area contributed by atoms with E-state index < -0.39 is 0 Å². The summed E-state index contributed by atoms with van der Waals surface area (Å²) in [4.78, 5) is 14.7. The molecule has 154 valence electrons. The van der Waals surface area contributed by atoms with E-state index in [1.807, 2.05) is 24.3 Å². The zero-order valence-corrected chi connectivity index (χ0v) is 17.5. The van der Waals surface area contributed by atoms with Crippen molar-refractivity contribution in [3.8, 4) is 5.75 Å². The van der Waals surface area contributed by atoms with E-state index in [2.05, 4.69) is 22.5 Å². The molecule has 2 aromatic rings. The van der Waals surface area contributed by atoms with E-state index in [-0.39, 0.29) is 11.0 Å². The molecular weight excluding hydrogens is 386 g/mol. The topological polar surface area (TPSA) is 62.8 Å². The van der Waals surface area contributed by atoms with Crippen LogP contribution in [0.15, 0.2) is 48.5 Å². The van der Waals surface area contributed by atoms with Crippen molar-refractivity contribution in [3.63, 3.8) is 0 Å². The first kappa shape index (κ1) is 21.1. The maximum atomic E-state index is 12.4. The van der Waals surface area contributed by atoms with Crippen LogP contribution in [-0.2, 0) is 4.74 Å². The molecule has 7 heteroatoms. The fraction of sp³-hybridized carbons (Fsp3) is 0.364. The predicted molar refractivity (Wildman–Crippen MR) is 120 cm³/mol. The molecule has 0 bridgehead atoms. The molecule has 1 heterocycles. The number of hydrogen-bond acceptors (Lipinski definition) is 5. The SMILES string of the molecule is CCCCOc1ccc(C(=O)NC(=S)Nc2ccc(N3CCOCC3)cc2)cc1. The van der Waals surface area contributed by atoms with Crippen molar-refractivity contribution in [1.82, 2.24) is 5.32 Å². The zero-order chi connectivity index (χ0) is 20.5. The zero-order valence-electron chi connectivity index (χ0n) is 16.6. The highest BCUT2D eigenvalue weighted by Crippen LogP contribution is 2.19. The average molecular weight is 414 g/mol. The molecule has 1 aliphatic rings. The second-order valence-corrected chi connectivity index (χ2v) is 7.19. The number of ether oxygens (including phenoxy) is 2. The van der Waals surface area contributed by atoms with Gasteiger partial charge in [0.05, 0.1) is 19.8 Å². The van der Waals surface area contributed by atoms with Gasteiger partial charge in [0.15, 0.2) is 5.11 Å². The molecule has 0 saturated carbocycles. The van der Waals surface area contributed by atoms with E-state index >= 15 is 0 Å². The van der Waals surface area contributed by atoms with Gasteiger partial charge in [-0.05, 0) is 67.2 Å². The molecule has 1 saturated heterocycles. The highest BCUT2D eigenvalue weighted by atomic mass is 32.1. The number of carbonyl (C=O) groups excluding carboxylic acids is 1. The summed E-state index contributed by atoms with van der Waals surface area (Å²) < 4.78 is 11.0.